The van der Waals surface area contributed by atoms with E-state index in [2.05, 4.69) is 10.1 Å². The summed E-state index contributed by atoms with van der Waals surface area (Å²) in [5.74, 6) is 0.0623. The maximum Gasteiger partial charge on any atom is 0.418 e. The molecule has 0 aliphatic heterocycles. The maximum absolute atomic E-state index is 13.3. The number of hydrogen-bond acceptors (Lipinski definition) is 3. The van der Waals surface area contributed by atoms with Crippen LogP contribution in [-0.2, 0) is 6.18 Å². The summed E-state index contributed by atoms with van der Waals surface area (Å²) in [7, 11) is 0. The Balaban J connectivity index is 1.80. The third-order valence-electron chi connectivity index (χ3n) is 4.31. The van der Waals surface area contributed by atoms with E-state index >= 15 is 0 Å². The van der Waals surface area contributed by atoms with Gasteiger partial charge in [-0.15, -0.1) is 0 Å². The summed E-state index contributed by atoms with van der Waals surface area (Å²) in [5, 5.41) is 4.00. The van der Waals surface area contributed by atoms with Crippen LogP contribution in [0, 0.1) is 12.7 Å². The molecule has 0 atom stereocenters. The SMILES string of the molecule is Cc1onc(-c2ccc(F)cc2)c1-c1cn(-c2ccccc2C(F)(F)F)cn1. The number of para-hydroxylation sites is 1. The summed E-state index contributed by atoms with van der Waals surface area (Å²) < 4.78 is 59.7. The van der Waals surface area contributed by atoms with Crippen LogP contribution in [0.15, 0.2) is 65.6 Å². The van der Waals surface area contributed by atoms with Gasteiger partial charge in [0.05, 0.1) is 28.8 Å². The van der Waals surface area contributed by atoms with Crippen molar-refractivity contribution >= 4 is 0 Å². The lowest BCUT2D eigenvalue weighted by atomic mass is 10.0. The number of halogens is 4. The van der Waals surface area contributed by atoms with Gasteiger partial charge >= 0.3 is 6.18 Å². The Hall–Kier alpha value is -3.42. The van der Waals surface area contributed by atoms with Crippen molar-refractivity contribution in [3.05, 3.63) is 78.2 Å². The van der Waals surface area contributed by atoms with E-state index in [0.29, 0.717) is 28.3 Å². The van der Waals surface area contributed by atoms with Crippen LogP contribution in [0.1, 0.15) is 11.3 Å². The van der Waals surface area contributed by atoms with Gasteiger partial charge in [0, 0.05) is 11.8 Å². The minimum Gasteiger partial charge on any atom is -0.360 e. The molecule has 0 radical (unpaired) electrons. The maximum atomic E-state index is 13.3. The Morgan fingerprint density at radius 2 is 1.71 bits per heavy atom. The second-order valence-corrected chi connectivity index (χ2v) is 6.15. The van der Waals surface area contributed by atoms with E-state index in [-0.39, 0.29) is 5.69 Å². The summed E-state index contributed by atoms with van der Waals surface area (Å²) in [5.41, 5.74) is 1.18. The third kappa shape index (κ3) is 3.17. The van der Waals surface area contributed by atoms with Crippen molar-refractivity contribution in [2.45, 2.75) is 13.1 Å². The van der Waals surface area contributed by atoms with Crippen LogP contribution in [-0.4, -0.2) is 14.7 Å². The zero-order chi connectivity index (χ0) is 19.9. The highest BCUT2D eigenvalue weighted by Gasteiger charge is 2.33. The second kappa shape index (κ2) is 6.63. The molecule has 0 aliphatic carbocycles. The number of hydrogen-bond donors (Lipinski definition) is 0. The normalized spacial score (nSPS) is 11.8. The molecule has 0 aliphatic rings. The van der Waals surface area contributed by atoms with E-state index < -0.39 is 17.6 Å². The lowest BCUT2D eigenvalue weighted by molar-refractivity contribution is -0.137. The van der Waals surface area contributed by atoms with Gasteiger partial charge in [-0.1, -0.05) is 17.3 Å². The van der Waals surface area contributed by atoms with E-state index in [9.17, 15) is 17.6 Å². The smallest absolute Gasteiger partial charge is 0.360 e. The van der Waals surface area contributed by atoms with Crippen molar-refractivity contribution in [3.63, 3.8) is 0 Å². The molecule has 0 spiro atoms. The average Bonchev–Trinajstić information content (AvgIpc) is 3.28. The van der Waals surface area contributed by atoms with Crippen LogP contribution < -0.4 is 0 Å². The van der Waals surface area contributed by atoms with Gasteiger partial charge in [0.15, 0.2) is 0 Å². The molecule has 4 aromatic rings. The van der Waals surface area contributed by atoms with Crippen molar-refractivity contribution in [3.8, 4) is 28.2 Å². The number of imidazole rings is 1. The molecule has 0 amide bonds. The van der Waals surface area contributed by atoms with E-state index in [1.54, 1.807) is 19.1 Å². The molecule has 28 heavy (non-hydrogen) atoms. The predicted octanol–water partition coefficient (Wildman–Crippen LogP) is 5.66. The minimum atomic E-state index is -4.49. The molecule has 4 rings (SSSR count). The summed E-state index contributed by atoms with van der Waals surface area (Å²) in [6.07, 6.45) is -1.70. The van der Waals surface area contributed by atoms with E-state index in [1.165, 1.54) is 47.4 Å². The van der Waals surface area contributed by atoms with Crippen molar-refractivity contribution in [1.29, 1.82) is 0 Å². The summed E-state index contributed by atoms with van der Waals surface area (Å²) in [4.78, 5) is 4.24. The number of alkyl halides is 3. The molecular formula is C20H13F4N3O. The summed E-state index contributed by atoms with van der Waals surface area (Å²) in [6.45, 7) is 1.68. The molecule has 142 valence electrons. The quantitative estimate of drug-likeness (QED) is 0.426. The van der Waals surface area contributed by atoms with Crippen molar-refractivity contribution in [1.82, 2.24) is 14.7 Å². The predicted molar refractivity (Wildman–Crippen MR) is 94.2 cm³/mol. The van der Waals surface area contributed by atoms with E-state index in [1.807, 2.05) is 0 Å². The minimum absolute atomic E-state index is 0.0359. The zero-order valence-corrected chi connectivity index (χ0v) is 14.5. The first-order valence-electron chi connectivity index (χ1n) is 8.28. The van der Waals surface area contributed by atoms with Crippen molar-refractivity contribution in [2.75, 3.05) is 0 Å². The Bertz CT molecular complexity index is 1130. The van der Waals surface area contributed by atoms with Gasteiger partial charge < -0.3 is 9.09 Å². The molecule has 0 unspecified atom stereocenters. The molecule has 8 heteroatoms. The Morgan fingerprint density at radius 1 is 1.00 bits per heavy atom. The Labute approximate surface area is 157 Å². The molecule has 2 heterocycles. The van der Waals surface area contributed by atoms with Crippen LogP contribution in [0.25, 0.3) is 28.2 Å². The van der Waals surface area contributed by atoms with Crippen molar-refractivity contribution < 1.29 is 22.1 Å². The number of nitrogens with zero attached hydrogens (tertiary/aromatic N) is 3. The van der Waals surface area contributed by atoms with Gasteiger partial charge in [-0.2, -0.15) is 13.2 Å². The molecule has 0 saturated carbocycles. The first-order chi connectivity index (χ1) is 13.3. The van der Waals surface area contributed by atoms with Gasteiger partial charge in [-0.25, -0.2) is 9.37 Å². The molecular weight excluding hydrogens is 374 g/mol. The molecule has 2 aromatic heterocycles. The number of aryl methyl sites for hydroxylation is 1. The van der Waals surface area contributed by atoms with Crippen LogP contribution in [0.5, 0.6) is 0 Å². The van der Waals surface area contributed by atoms with Gasteiger partial charge in [0.2, 0.25) is 0 Å². The Kier molecular flexibility index (Phi) is 4.26. The first kappa shape index (κ1) is 18.0. The van der Waals surface area contributed by atoms with Crippen LogP contribution in [0.3, 0.4) is 0 Å². The number of rotatable bonds is 3. The van der Waals surface area contributed by atoms with Gasteiger partial charge in [-0.3, -0.25) is 0 Å². The molecule has 4 nitrogen and oxygen atoms in total. The molecule has 0 bridgehead atoms. The van der Waals surface area contributed by atoms with Crippen LogP contribution in [0.4, 0.5) is 17.6 Å². The monoisotopic (exact) mass is 387 g/mol. The van der Waals surface area contributed by atoms with Gasteiger partial charge in [0.1, 0.15) is 17.3 Å². The highest BCUT2D eigenvalue weighted by molar-refractivity contribution is 5.80. The zero-order valence-electron chi connectivity index (χ0n) is 14.5. The topological polar surface area (TPSA) is 43.9 Å². The van der Waals surface area contributed by atoms with E-state index in [0.717, 1.165) is 6.07 Å². The lowest BCUT2D eigenvalue weighted by Crippen LogP contribution is -2.09. The molecule has 0 fully saturated rings. The van der Waals surface area contributed by atoms with Crippen molar-refractivity contribution in [2.24, 2.45) is 0 Å². The summed E-state index contributed by atoms with van der Waals surface area (Å²) >= 11 is 0. The van der Waals surface area contributed by atoms with Gasteiger partial charge in [0.25, 0.3) is 0 Å². The average molecular weight is 387 g/mol. The highest BCUT2D eigenvalue weighted by Crippen LogP contribution is 2.36. The lowest BCUT2D eigenvalue weighted by Gasteiger charge is -2.12. The molecule has 0 N–H and O–H groups in total. The fourth-order valence-electron chi connectivity index (χ4n) is 3.00. The molecule has 0 saturated heterocycles. The van der Waals surface area contributed by atoms with Gasteiger partial charge in [-0.05, 0) is 43.3 Å². The first-order valence-corrected chi connectivity index (χ1v) is 8.28. The number of aromatic nitrogens is 3. The largest absolute Gasteiger partial charge is 0.418 e. The second-order valence-electron chi connectivity index (χ2n) is 6.15. The van der Waals surface area contributed by atoms with Crippen LogP contribution >= 0.6 is 0 Å². The molecule has 2 aromatic carbocycles. The Morgan fingerprint density at radius 3 is 2.43 bits per heavy atom. The third-order valence-corrected chi connectivity index (χ3v) is 4.31. The highest BCUT2D eigenvalue weighted by atomic mass is 19.4. The van der Waals surface area contributed by atoms with Crippen LogP contribution in [0.2, 0.25) is 0 Å². The number of benzene rings is 2. The standard InChI is InChI=1S/C20H13F4N3O/c1-12-18(19(26-28-12)13-6-8-14(21)9-7-13)16-10-27(11-25-16)17-5-3-2-4-15(17)20(22,23)24/h2-11H,1H3. The fraction of sp³-hybridized carbons (Fsp3) is 0.100. The van der Waals surface area contributed by atoms with E-state index in [4.69, 9.17) is 4.52 Å². The fourth-order valence-corrected chi connectivity index (χ4v) is 3.00. The summed E-state index contributed by atoms with van der Waals surface area (Å²) in [6, 6.07) is 10.9.